The van der Waals surface area contributed by atoms with E-state index in [-0.39, 0.29) is 24.8 Å². The van der Waals surface area contributed by atoms with Crippen LogP contribution in [0.1, 0.15) is 43.0 Å². The first-order chi connectivity index (χ1) is 16.5. The van der Waals surface area contributed by atoms with E-state index in [1.165, 1.54) is 0 Å². The lowest BCUT2D eigenvalue weighted by Crippen LogP contribution is -2.58. The Balaban J connectivity index is 0.00000361. The van der Waals surface area contributed by atoms with Gasteiger partial charge in [0, 0.05) is 50.7 Å². The number of fused-ring (bicyclic) bond motifs is 1. The summed E-state index contributed by atoms with van der Waals surface area (Å²) in [7, 11) is 0. The molecule has 0 saturated carbocycles. The first kappa shape index (κ1) is 24.5. The summed E-state index contributed by atoms with van der Waals surface area (Å²) < 4.78 is 5.31. The summed E-state index contributed by atoms with van der Waals surface area (Å²) in [6.45, 7) is 13.5. The second-order valence-corrected chi connectivity index (χ2v) is 10.5. The van der Waals surface area contributed by atoms with Crippen molar-refractivity contribution in [2.45, 2.75) is 53.6 Å². The molecule has 1 fully saturated rings. The van der Waals surface area contributed by atoms with Crippen molar-refractivity contribution in [3.05, 3.63) is 36.7 Å². The summed E-state index contributed by atoms with van der Waals surface area (Å²) in [6.07, 6.45) is 2.97. The van der Waals surface area contributed by atoms with Crippen LogP contribution in [0.15, 0.2) is 36.7 Å². The number of amides is 2. The van der Waals surface area contributed by atoms with Gasteiger partial charge in [-0.05, 0) is 37.5 Å². The number of nitrogens with one attached hydrogen (secondary N) is 2. The van der Waals surface area contributed by atoms with Gasteiger partial charge in [0.25, 0.3) is 0 Å². The molecule has 4 rings (SSSR count). The highest BCUT2D eigenvalue weighted by atomic mass is 16.5. The Hall–Kier alpha value is -3.62. The number of aromatic amines is 1. The van der Waals surface area contributed by atoms with E-state index >= 15 is 0 Å². The molecule has 9 nitrogen and oxygen atoms in total. The average Bonchev–Trinajstić information content (AvgIpc) is 3.20. The molecule has 0 unspecified atom stereocenters. The molecule has 0 aromatic carbocycles. The van der Waals surface area contributed by atoms with E-state index in [1.807, 2.05) is 56.1 Å². The highest BCUT2D eigenvalue weighted by Crippen LogP contribution is 2.30. The van der Waals surface area contributed by atoms with Gasteiger partial charge < -0.3 is 19.5 Å². The predicted molar refractivity (Wildman–Crippen MR) is 140 cm³/mol. The lowest BCUT2D eigenvalue weighted by Gasteiger charge is -2.44. The highest BCUT2D eigenvalue weighted by molar-refractivity contribution is 5.96. The fraction of sp³-hybridized carbons (Fsp3) is 0.462. The molecule has 1 saturated heterocycles. The number of carbonyl (C=O) groups is 2. The molecule has 1 aliphatic rings. The molecule has 3 aromatic heterocycles. The van der Waals surface area contributed by atoms with Gasteiger partial charge in [-0.2, -0.15) is 0 Å². The molecular weight excluding hydrogens is 444 g/mol. The summed E-state index contributed by atoms with van der Waals surface area (Å²) in [4.78, 5) is 41.0. The van der Waals surface area contributed by atoms with Gasteiger partial charge in [-0.15, -0.1) is 0 Å². The van der Waals surface area contributed by atoms with E-state index in [9.17, 15) is 9.59 Å². The van der Waals surface area contributed by atoms with Crippen LogP contribution in [-0.4, -0.2) is 63.6 Å². The number of hydrogen-bond acceptors (Lipinski definition) is 6. The Labute approximate surface area is 207 Å². The van der Waals surface area contributed by atoms with Crippen LogP contribution in [0.4, 0.5) is 16.3 Å². The molecule has 0 aliphatic carbocycles. The third kappa shape index (κ3) is 5.55. The smallest absolute Gasteiger partial charge is 0.411 e. The minimum Gasteiger partial charge on any atom is -0.449 e. The molecule has 2 atom stereocenters. The minimum absolute atomic E-state index is 0. The van der Waals surface area contributed by atoms with Crippen LogP contribution in [0, 0.1) is 5.41 Å². The molecule has 0 radical (unpaired) electrons. The lowest BCUT2D eigenvalue weighted by atomic mass is 9.99. The number of anilines is 2. The third-order valence-corrected chi connectivity index (χ3v) is 6.03. The van der Waals surface area contributed by atoms with Crippen LogP contribution < -0.4 is 10.2 Å². The van der Waals surface area contributed by atoms with Crippen molar-refractivity contribution >= 4 is 34.5 Å². The first-order valence-electron chi connectivity index (χ1n) is 11.9. The van der Waals surface area contributed by atoms with E-state index in [0.717, 1.165) is 35.6 Å². The number of ether oxygens (including phenoxy) is 1. The molecule has 1 aliphatic heterocycles. The molecule has 0 spiro atoms. The molecule has 35 heavy (non-hydrogen) atoms. The molecule has 4 heterocycles. The van der Waals surface area contributed by atoms with Crippen molar-refractivity contribution < 1.29 is 15.8 Å². The zero-order valence-electron chi connectivity index (χ0n) is 21.3. The summed E-state index contributed by atoms with van der Waals surface area (Å²) in [5, 5.41) is 3.62. The van der Waals surface area contributed by atoms with Crippen molar-refractivity contribution in [1.82, 2.24) is 19.9 Å². The maximum absolute atomic E-state index is 12.2. The van der Waals surface area contributed by atoms with Crippen LogP contribution in [0.3, 0.4) is 0 Å². The predicted octanol–water partition coefficient (Wildman–Crippen LogP) is 4.91. The third-order valence-electron chi connectivity index (χ3n) is 6.03. The number of carbonyl (C=O) groups excluding carboxylic acids is 2. The van der Waals surface area contributed by atoms with Crippen LogP contribution in [0.5, 0.6) is 0 Å². The Bertz CT molecular complexity index is 1230. The van der Waals surface area contributed by atoms with Gasteiger partial charge in [-0.25, -0.2) is 14.8 Å². The molecule has 2 N–H and O–H groups in total. The molecule has 9 heteroatoms. The summed E-state index contributed by atoms with van der Waals surface area (Å²) in [5.74, 6) is 0.969. The second kappa shape index (κ2) is 9.56. The van der Waals surface area contributed by atoms with Gasteiger partial charge in [0.05, 0.1) is 24.2 Å². The van der Waals surface area contributed by atoms with Crippen molar-refractivity contribution in [2.75, 3.05) is 29.9 Å². The summed E-state index contributed by atoms with van der Waals surface area (Å²) >= 11 is 0. The van der Waals surface area contributed by atoms with Crippen molar-refractivity contribution in [2.24, 2.45) is 5.41 Å². The van der Waals surface area contributed by atoms with E-state index in [2.05, 4.69) is 34.0 Å². The van der Waals surface area contributed by atoms with Crippen molar-refractivity contribution in [3.8, 4) is 11.3 Å². The number of H-pyrrole nitrogens is 1. The SMILES string of the molecule is CC(=O)N1[C@H](C)CN(c2cccc(-c3c[nH]c4ncc(NC(=O)OCC(C)(C)C)cc34)n2)C[C@@H]1C.[HH]. The fourth-order valence-electron chi connectivity index (χ4n) is 4.60. The maximum Gasteiger partial charge on any atom is 0.411 e. The first-order valence-corrected chi connectivity index (χ1v) is 11.9. The zero-order valence-corrected chi connectivity index (χ0v) is 21.3. The topological polar surface area (TPSA) is 103 Å². The monoisotopic (exact) mass is 480 g/mol. The second-order valence-electron chi connectivity index (χ2n) is 10.5. The minimum atomic E-state index is -0.508. The van der Waals surface area contributed by atoms with Crippen LogP contribution in [-0.2, 0) is 9.53 Å². The molecule has 0 bridgehead atoms. The van der Waals surface area contributed by atoms with Gasteiger partial charge in [0.2, 0.25) is 5.91 Å². The van der Waals surface area contributed by atoms with Gasteiger partial charge in [0.15, 0.2) is 0 Å². The number of pyridine rings is 2. The van der Waals surface area contributed by atoms with E-state index in [0.29, 0.717) is 17.9 Å². The number of aromatic nitrogens is 3. The quantitative estimate of drug-likeness (QED) is 0.550. The van der Waals surface area contributed by atoms with E-state index < -0.39 is 6.09 Å². The number of nitrogens with zero attached hydrogens (tertiary/aromatic N) is 4. The standard InChI is InChI=1S/C26H34N6O3.H2/c1-16-13-31(14-17(2)32(16)18(3)33)23-9-7-8-22(30-23)21-12-28-24-20(21)10-19(11-27-24)29-25(34)35-15-26(4,5)6;/h7-12,16-17H,13-15H2,1-6H3,(H,27,28)(H,29,34);1H/t16-,17+;. The Kier molecular flexibility index (Phi) is 6.69. The van der Waals surface area contributed by atoms with Gasteiger partial charge in [-0.1, -0.05) is 26.8 Å². The Morgan fingerprint density at radius 2 is 1.94 bits per heavy atom. The van der Waals surface area contributed by atoms with Crippen LogP contribution in [0.2, 0.25) is 0 Å². The normalized spacial score (nSPS) is 18.6. The molecular formula is C26H36N6O3. The largest absolute Gasteiger partial charge is 0.449 e. The number of rotatable bonds is 4. The van der Waals surface area contributed by atoms with Gasteiger partial charge >= 0.3 is 6.09 Å². The summed E-state index contributed by atoms with van der Waals surface area (Å²) in [5.41, 5.74) is 2.84. The molecule has 3 aromatic rings. The molecule has 188 valence electrons. The number of hydrogen-bond donors (Lipinski definition) is 2. The highest BCUT2D eigenvalue weighted by Gasteiger charge is 2.31. The zero-order chi connectivity index (χ0) is 25.3. The van der Waals surface area contributed by atoms with Crippen molar-refractivity contribution in [3.63, 3.8) is 0 Å². The van der Waals surface area contributed by atoms with E-state index in [4.69, 9.17) is 9.72 Å². The Morgan fingerprint density at radius 3 is 2.60 bits per heavy atom. The van der Waals surface area contributed by atoms with E-state index in [1.54, 1.807) is 13.1 Å². The van der Waals surface area contributed by atoms with Gasteiger partial charge in [0.1, 0.15) is 11.5 Å². The summed E-state index contributed by atoms with van der Waals surface area (Å²) in [6, 6.07) is 8.02. The van der Waals surface area contributed by atoms with Crippen LogP contribution in [0.25, 0.3) is 22.3 Å². The Morgan fingerprint density at radius 1 is 1.23 bits per heavy atom. The number of piperazine rings is 1. The maximum atomic E-state index is 12.2. The van der Waals surface area contributed by atoms with Gasteiger partial charge in [-0.3, -0.25) is 10.1 Å². The fourth-order valence-corrected chi connectivity index (χ4v) is 4.60. The lowest BCUT2D eigenvalue weighted by molar-refractivity contribution is -0.133. The average molecular weight is 481 g/mol. The van der Waals surface area contributed by atoms with Crippen molar-refractivity contribution in [1.29, 1.82) is 0 Å². The molecule has 2 amide bonds. The van der Waals surface area contributed by atoms with Crippen LogP contribution >= 0.6 is 0 Å².